The van der Waals surface area contributed by atoms with Crippen LogP contribution in [0.15, 0.2) is 36.4 Å². The molecule has 4 rings (SSSR count). The predicted molar refractivity (Wildman–Crippen MR) is 82.8 cm³/mol. The number of alkyl halides is 3. The van der Waals surface area contributed by atoms with Gasteiger partial charge in [0.2, 0.25) is 0 Å². The molecule has 24 heavy (non-hydrogen) atoms. The van der Waals surface area contributed by atoms with Crippen molar-refractivity contribution < 1.29 is 13.2 Å². The van der Waals surface area contributed by atoms with Crippen molar-refractivity contribution in [1.29, 1.82) is 0 Å². The Bertz CT molecular complexity index is 919. The Morgan fingerprint density at radius 3 is 2.75 bits per heavy atom. The zero-order valence-corrected chi connectivity index (χ0v) is 13.0. The van der Waals surface area contributed by atoms with Crippen LogP contribution >= 0.6 is 11.6 Å². The Morgan fingerprint density at radius 2 is 1.96 bits per heavy atom. The summed E-state index contributed by atoms with van der Waals surface area (Å²) in [5.74, 6) is 0. The lowest BCUT2D eigenvalue weighted by Gasteiger charge is -2.25. The summed E-state index contributed by atoms with van der Waals surface area (Å²) < 4.78 is 40.7. The zero-order chi connectivity index (χ0) is 16.9. The molecule has 1 atom stereocenters. The Morgan fingerprint density at radius 1 is 1.17 bits per heavy atom. The van der Waals surface area contributed by atoms with E-state index in [4.69, 9.17) is 11.6 Å². The van der Waals surface area contributed by atoms with Crippen LogP contribution in [0.1, 0.15) is 22.9 Å². The van der Waals surface area contributed by atoms with Crippen LogP contribution in [-0.4, -0.2) is 21.5 Å². The van der Waals surface area contributed by atoms with Gasteiger partial charge in [-0.3, -0.25) is 0 Å². The maximum absolute atomic E-state index is 13.1. The molecule has 1 aromatic heterocycles. The fourth-order valence-corrected chi connectivity index (χ4v) is 3.22. The highest BCUT2D eigenvalue weighted by molar-refractivity contribution is 6.35. The van der Waals surface area contributed by atoms with E-state index in [2.05, 4.69) is 15.6 Å². The van der Waals surface area contributed by atoms with Gasteiger partial charge < -0.3 is 0 Å². The van der Waals surface area contributed by atoms with Crippen molar-refractivity contribution in [3.05, 3.63) is 58.1 Å². The van der Waals surface area contributed by atoms with Gasteiger partial charge in [-0.1, -0.05) is 41.1 Å². The van der Waals surface area contributed by atoms with Crippen LogP contribution in [0.4, 0.5) is 13.2 Å². The minimum absolute atomic E-state index is 0.0739. The summed E-state index contributed by atoms with van der Waals surface area (Å²) in [6.07, 6.45) is -4.19. The summed E-state index contributed by atoms with van der Waals surface area (Å²) in [4.78, 5) is 0. The highest BCUT2D eigenvalue weighted by Gasteiger charge is 2.33. The van der Waals surface area contributed by atoms with Crippen molar-refractivity contribution in [2.75, 3.05) is 6.54 Å². The average Bonchev–Trinajstić information content (AvgIpc) is 2.98. The lowest BCUT2D eigenvalue weighted by atomic mass is 9.98. The fraction of sp³-hybridized carbons (Fsp3) is 0.250. The molecule has 8 heteroatoms. The van der Waals surface area contributed by atoms with Crippen LogP contribution in [-0.2, 0) is 12.6 Å². The molecular weight excluding hydrogens is 341 g/mol. The number of aromatic nitrogens is 3. The molecule has 2 heterocycles. The number of hydrogen-bond donors (Lipinski definition) is 0. The minimum atomic E-state index is -4.49. The number of rotatable bonds is 1. The Hall–Kier alpha value is -2.12. The summed E-state index contributed by atoms with van der Waals surface area (Å²) in [6.45, 7) is 0.579. The van der Waals surface area contributed by atoms with Crippen molar-refractivity contribution in [3.8, 4) is 0 Å². The van der Waals surface area contributed by atoms with Gasteiger partial charge in [-0.2, -0.15) is 13.2 Å². The third-order valence-electron chi connectivity index (χ3n) is 4.11. The molecule has 0 aliphatic carbocycles. The minimum Gasteiger partial charge on any atom is -0.221 e. The van der Waals surface area contributed by atoms with E-state index in [1.807, 2.05) is 24.3 Å². The van der Waals surface area contributed by atoms with Gasteiger partial charge in [0.1, 0.15) is 11.7 Å². The first-order chi connectivity index (χ1) is 11.4. The van der Waals surface area contributed by atoms with Crippen LogP contribution in [0.2, 0.25) is 5.02 Å². The van der Waals surface area contributed by atoms with E-state index >= 15 is 0 Å². The standard InChI is InChI=1S/C16H11ClF3N4/c17-12-7-10(16(18,19)20)8-13-14(12)22-23-24(13)15-11-4-2-1-3-9(11)5-6-21-15/h1-4,7-8,15H,5-6H2. The monoisotopic (exact) mass is 351 g/mol. The second-order valence-corrected chi connectivity index (χ2v) is 5.99. The van der Waals surface area contributed by atoms with Gasteiger partial charge in [-0.25, -0.2) is 10.00 Å². The maximum atomic E-state index is 13.1. The van der Waals surface area contributed by atoms with Crippen molar-refractivity contribution in [2.24, 2.45) is 0 Å². The van der Waals surface area contributed by atoms with Gasteiger partial charge >= 0.3 is 6.18 Å². The summed E-state index contributed by atoms with van der Waals surface area (Å²) >= 11 is 5.97. The average molecular weight is 352 g/mol. The molecule has 0 fully saturated rings. The first kappa shape index (κ1) is 15.4. The largest absolute Gasteiger partial charge is 0.416 e. The van der Waals surface area contributed by atoms with Gasteiger partial charge in [0.15, 0.2) is 0 Å². The Balaban J connectivity index is 1.91. The summed E-state index contributed by atoms with van der Waals surface area (Å²) in [7, 11) is 0. The van der Waals surface area contributed by atoms with E-state index in [0.717, 1.165) is 29.7 Å². The number of hydrogen-bond acceptors (Lipinski definition) is 2. The molecule has 1 radical (unpaired) electrons. The molecular formula is C16H11ClF3N4. The third-order valence-corrected chi connectivity index (χ3v) is 4.39. The molecule has 0 saturated heterocycles. The normalized spacial score (nSPS) is 17.9. The molecule has 2 aromatic carbocycles. The number of halogens is 4. The molecule has 4 nitrogen and oxygen atoms in total. The molecule has 0 amide bonds. The van der Waals surface area contributed by atoms with E-state index in [-0.39, 0.29) is 16.1 Å². The number of benzene rings is 2. The molecule has 1 aliphatic rings. The lowest BCUT2D eigenvalue weighted by molar-refractivity contribution is -0.137. The topological polar surface area (TPSA) is 44.8 Å². The van der Waals surface area contributed by atoms with Crippen molar-refractivity contribution in [3.63, 3.8) is 0 Å². The molecule has 1 unspecified atom stereocenters. The van der Waals surface area contributed by atoms with Crippen molar-refractivity contribution in [2.45, 2.75) is 18.8 Å². The van der Waals surface area contributed by atoms with Crippen LogP contribution in [0, 0.1) is 0 Å². The Labute approximate surface area is 140 Å². The van der Waals surface area contributed by atoms with E-state index in [1.165, 1.54) is 4.68 Å². The molecule has 123 valence electrons. The molecule has 0 saturated carbocycles. The number of nitrogens with zero attached hydrogens (tertiary/aromatic N) is 4. The third kappa shape index (κ3) is 2.44. The fourth-order valence-electron chi connectivity index (χ4n) is 2.97. The number of fused-ring (bicyclic) bond motifs is 2. The van der Waals surface area contributed by atoms with E-state index in [0.29, 0.717) is 6.54 Å². The summed E-state index contributed by atoms with van der Waals surface area (Å²) in [6, 6.07) is 9.59. The van der Waals surface area contributed by atoms with Crippen LogP contribution in [0.5, 0.6) is 0 Å². The van der Waals surface area contributed by atoms with Crippen molar-refractivity contribution >= 4 is 22.6 Å². The molecule has 1 aliphatic heterocycles. The highest BCUT2D eigenvalue weighted by Crippen LogP contribution is 2.36. The van der Waals surface area contributed by atoms with Crippen LogP contribution in [0.3, 0.4) is 0 Å². The second-order valence-electron chi connectivity index (χ2n) is 5.59. The molecule has 0 bridgehead atoms. The van der Waals surface area contributed by atoms with E-state index in [1.54, 1.807) is 0 Å². The lowest BCUT2D eigenvalue weighted by Crippen LogP contribution is -2.30. The van der Waals surface area contributed by atoms with Gasteiger partial charge in [0.25, 0.3) is 0 Å². The predicted octanol–water partition coefficient (Wildman–Crippen LogP) is 3.81. The van der Waals surface area contributed by atoms with Crippen LogP contribution in [0.25, 0.3) is 11.0 Å². The summed E-state index contributed by atoms with van der Waals surface area (Å²) in [5.41, 5.74) is 1.67. The van der Waals surface area contributed by atoms with Crippen LogP contribution < -0.4 is 5.32 Å². The quantitative estimate of drug-likeness (QED) is 0.669. The van der Waals surface area contributed by atoms with E-state index < -0.39 is 17.9 Å². The van der Waals surface area contributed by atoms with Gasteiger partial charge in [0, 0.05) is 6.54 Å². The molecule has 3 aromatic rings. The van der Waals surface area contributed by atoms with Gasteiger partial charge in [0.05, 0.1) is 16.1 Å². The molecule has 0 N–H and O–H groups in total. The van der Waals surface area contributed by atoms with E-state index in [9.17, 15) is 13.2 Å². The zero-order valence-electron chi connectivity index (χ0n) is 12.3. The molecule has 0 spiro atoms. The smallest absolute Gasteiger partial charge is 0.221 e. The van der Waals surface area contributed by atoms with Gasteiger partial charge in [-0.05, 0) is 29.7 Å². The van der Waals surface area contributed by atoms with Gasteiger partial charge in [-0.15, -0.1) is 5.10 Å². The summed E-state index contributed by atoms with van der Waals surface area (Å²) in [5, 5.41) is 12.4. The van der Waals surface area contributed by atoms with Crippen molar-refractivity contribution in [1.82, 2.24) is 20.3 Å². The maximum Gasteiger partial charge on any atom is 0.416 e. The first-order valence-corrected chi connectivity index (χ1v) is 7.69. The first-order valence-electron chi connectivity index (χ1n) is 7.31. The second kappa shape index (κ2) is 5.46. The Kier molecular flexibility index (Phi) is 3.51. The SMILES string of the molecule is FC(F)(F)c1cc(Cl)c2nnn(C3[N]CCc4ccccc43)c2c1. The highest BCUT2D eigenvalue weighted by atomic mass is 35.5.